The molecular weight excluding hydrogens is 242 g/mol. The lowest BCUT2D eigenvalue weighted by Crippen LogP contribution is -2.42. The fourth-order valence-corrected chi connectivity index (χ4v) is 2.12. The Morgan fingerprint density at radius 1 is 1.16 bits per heavy atom. The fraction of sp³-hybridized carbons (Fsp3) is 0.857. The summed E-state index contributed by atoms with van der Waals surface area (Å²) in [7, 11) is 0. The van der Waals surface area contributed by atoms with Crippen molar-refractivity contribution in [2.45, 2.75) is 65.0 Å². The number of nitrogens with two attached hydrogens (primary N) is 1. The van der Waals surface area contributed by atoms with Crippen LogP contribution in [0.2, 0.25) is 0 Å². The van der Waals surface area contributed by atoms with Crippen LogP contribution >= 0.6 is 0 Å². The maximum absolute atomic E-state index is 11.7. The van der Waals surface area contributed by atoms with Crippen LogP contribution in [0.5, 0.6) is 0 Å². The van der Waals surface area contributed by atoms with E-state index in [0.717, 1.165) is 25.7 Å². The fourth-order valence-electron chi connectivity index (χ4n) is 2.12. The Kier molecular flexibility index (Phi) is 5.79. The molecule has 2 amide bonds. The van der Waals surface area contributed by atoms with Gasteiger partial charge in [0.05, 0.1) is 0 Å². The topological polar surface area (TPSA) is 84.2 Å². The number of carbonyl (C=O) groups is 2. The van der Waals surface area contributed by atoms with Gasteiger partial charge in [0.25, 0.3) is 0 Å². The molecule has 0 heterocycles. The maximum atomic E-state index is 11.7. The van der Waals surface area contributed by atoms with Gasteiger partial charge in [-0.3, -0.25) is 9.59 Å². The van der Waals surface area contributed by atoms with Crippen molar-refractivity contribution >= 4 is 11.8 Å². The lowest BCUT2D eigenvalue weighted by molar-refractivity contribution is -0.128. The molecule has 1 saturated carbocycles. The van der Waals surface area contributed by atoms with Crippen molar-refractivity contribution in [3.63, 3.8) is 0 Å². The summed E-state index contributed by atoms with van der Waals surface area (Å²) >= 11 is 0. The summed E-state index contributed by atoms with van der Waals surface area (Å²) in [5, 5.41) is 5.78. The molecule has 5 heteroatoms. The van der Waals surface area contributed by atoms with Crippen LogP contribution in [0, 0.1) is 5.41 Å². The van der Waals surface area contributed by atoms with Crippen LogP contribution in [-0.2, 0) is 9.59 Å². The molecule has 4 N–H and O–H groups in total. The number of hydrogen-bond donors (Lipinski definition) is 3. The summed E-state index contributed by atoms with van der Waals surface area (Å²) in [5.41, 5.74) is 5.42. The van der Waals surface area contributed by atoms with Gasteiger partial charge >= 0.3 is 0 Å². The third kappa shape index (κ3) is 6.05. The van der Waals surface area contributed by atoms with Gasteiger partial charge in [0.15, 0.2) is 0 Å². The molecule has 0 aromatic carbocycles. The van der Waals surface area contributed by atoms with Crippen molar-refractivity contribution in [1.82, 2.24) is 10.6 Å². The third-order valence-electron chi connectivity index (χ3n) is 3.46. The van der Waals surface area contributed by atoms with Crippen molar-refractivity contribution in [1.29, 1.82) is 0 Å². The van der Waals surface area contributed by atoms with Gasteiger partial charge in [0.1, 0.15) is 0 Å². The van der Waals surface area contributed by atoms with E-state index in [0.29, 0.717) is 19.0 Å². The van der Waals surface area contributed by atoms with Crippen LogP contribution in [0.25, 0.3) is 0 Å². The minimum atomic E-state index is -0.407. The molecule has 5 nitrogen and oxygen atoms in total. The number of amides is 2. The van der Waals surface area contributed by atoms with E-state index in [1.165, 1.54) is 0 Å². The molecule has 0 atom stereocenters. The molecule has 0 aromatic rings. The molecule has 1 aliphatic carbocycles. The molecule has 0 unspecified atom stereocenters. The van der Waals surface area contributed by atoms with Crippen LogP contribution in [0.1, 0.15) is 52.9 Å². The standard InChI is InChI=1S/C14H27N3O2/c1-14(2,3)13(19)16-9-8-12(18)17-11-6-4-10(15)5-7-11/h10-11H,4-9,15H2,1-3H3,(H,16,19)(H,17,18). The highest BCUT2D eigenvalue weighted by Crippen LogP contribution is 2.17. The van der Waals surface area contributed by atoms with Crippen LogP contribution < -0.4 is 16.4 Å². The van der Waals surface area contributed by atoms with Gasteiger partial charge in [-0.1, -0.05) is 20.8 Å². The molecule has 0 spiro atoms. The summed E-state index contributed by atoms with van der Waals surface area (Å²) < 4.78 is 0. The smallest absolute Gasteiger partial charge is 0.225 e. The molecular formula is C14H27N3O2. The van der Waals surface area contributed by atoms with E-state index in [2.05, 4.69) is 10.6 Å². The zero-order valence-corrected chi connectivity index (χ0v) is 12.3. The van der Waals surface area contributed by atoms with Gasteiger partial charge in [-0.2, -0.15) is 0 Å². The molecule has 1 rings (SSSR count). The third-order valence-corrected chi connectivity index (χ3v) is 3.46. The summed E-state index contributed by atoms with van der Waals surface area (Å²) in [6.45, 7) is 5.96. The van der Waals surface area contributed by atoms with Gasteiger partial charge < -0.3 is 16.4 Å². The summed E-state index contributed by atoms with van der Waals surface area (Å²) in [5.74, 6) is -0.0152. The van der Waals surface area contributed by atoms with Gasteiger partial charge in [0, 0.05) is 30.5 Å². The first-order chi connectivity index (χ1) is 8.79. The first kappa shape index (κ1) is 16.0. The van der Waals surface area contributed by atoms with Gasteiger partial charge in [-0.25, -0.2) is 0 Å². The Balaban J connectivity index is 2.16. The summed E-state index contributed by atoms with van der Waals surface area (Å²) in [6.07, 6.45) is 4.21. The molecule has 19 heavy (non-hydrogen) atoms. The molecule has 0 aromatic heterocycles. The predicted octanol–water partition coefficient (Wildman–Crippen LogP) is 0.925. The lowest BCUT2D eigenvalue weighted by Gasteiger charge is -2.26. The quantitative estimate of drug-likeness (QED) is 0.709. The minimum Gasteiger partial charge on any atom is -0.355 e. The second-order valence-electron chi connectivity index (χ2n) is 6.44. The number of hydrogen-bond acceptors (Lipinski definition) is 3. The van der Waals surface area contributed by atoms with Crippen LogP contribution in [-0.4, -0.2) is 30.4 Å². The molecule has 110 valence electrons. The Labute approximate surface area is 115 Å². The Bertz CT molecular complexity index is 315. The zero-order valence-electron chi connectivity index (χ0n) is 12.3. The summed E-state index contributed by atoms with van der Waals surface area (Å²) in [6, 6.07) is 0.546. The van der Waals surface area contributed by atoms with Crippen LogP contribution in [0.3, 0.4) is 0 Å². The summed E-state index contributed by atoms with van der Waals surface area (Å²) in [4.78, 5) is 23.3. The Hall–Kier alpha value is -1.10. The largest absolute Gasteiger partial charge is 0.355 e. The van der Waals surface area contributed by atoms with E-state index < -0.39 is 5.41 Å². The number of carbonyl (C=O) groups excluding carboxylic acids is 2. The van der Waals surface area contributed by atoms with E-state index in [1.54, 1.807) is 0 Å². The lowest BCUT2D eigenvalue weighted by atomic mass is 9.92. The van der Waals surface area contributed by atoms with Crippen molar-refractivity contribution in [3.8, 4) is 0 Å². The number of nitrogens with one attached hydrogen (secondary N) is 2. The van der Waals surface area contributed by atoms with Crippen molar-refractivity contribution in [3.05, 3.63) is 0 Å². The molecule has 1 fully saturated rings. The Morgan fingerprint density at radius 3 is 2.26 bits per heavy atom. The maximum Gasteiger partial charge on any atom is 0.225 e. The van der Waals surface area contributed by atoms with Crippen molar-refractivity contribution in [2.75, 3.05) is 6.54 Å². The first-order valence-corrected chi connectivity index (χ1v) is 7.12. The van der Waals surface area contributed by atoms with E-state index in [4.69, 9.17) is 5.73 Å². The minimum absolute atomic E-state index is 0.00896. The van der Waals surface area contributed by atoms with Crippen molar-refractivity contribution < 1.29 is 9.59 Å². The first-order valence-electron chi connectivity index (χ1n) is 7.12. The van der Waals surface area contributed by atoms with E-state index in [9.17, 15) is 9.59 Å². The van der Waals surface area contributed by atoms with Crippen molar-refractivity contribution in [2.24, 2.45) is 11.1 Å². The molecule has 0 aliphatic heterocycles. The Morgan fingerprint density at radius 2 is 1.74 bits per heavy atom. The van der Waals surface area contributed by atoms with Crippen LogP contribution in [0.4, 0.5) is 0 Å². The van der Waals surface area contributed by atoms with Gasteiger partial charge in [0.2, 0.25) is 11.8 Å². The van der Waals surface area contributed by atoms with E-state index >= 15 is 0 Å². The highest BCUT2D eigenvalue weighted by molar-refractivity contribution is 5.82. The predicted molar refractivity (Wildman–Crippen MR) is 75.5 cm³/mol. The monoisotopic (exact) mass is 269 g/mol. The zero-order chi connectivity index (χ0) is 14.5. The average Bonchev–Trinajstić information content (AvgIpc) is 2.31. The molecule has 0 radical (unpaired) electrons. The van der Waals surface area contributed by atoms with Gasteiger partial charge in [-0.05, 0) is 25.7 Å². The average molecular weight is 269 g/mol. The second-order valence-corrected chi connectivity index (χ2v) is 6.44. The molecule has 1 aliphatic rings. The van der Waals surface area contributed by atoms with Gasteiger partial charge in [-0.15, -0.1) is 0 Å². The number of rotatable bonds is 4. The SMILES string of the molecule is CC(C)(C)C(=O)NCCC(=O)NC1CCC(N)CC1. The van der Waals surface area contributed by atoms with Crippen LogP contribution in [0.15, 0.2) is 0 Å². The second kappa shape index (κ2) is 6.89. The normalized spacial score (nSPS) is 23.8. The highest BCUT2D eigenvalue weighted by Gasteiger charge is 2.22. The van der Waals surface area contributed by atoms with E-state index in [1.807, 2.05) is 20.8 Å². The molecule has 0 bridgehead atoms. The van der Waals surface area contributed by atoms with E-state index in [-0.39, 0.29) is 17.9 Å². The molecule has 0 saturated heterocycles. The highest BCUT2D eigenvalue weighted by atomic mass is 16.2.